The number of hydrogen-bond acceptors (Lipinski definition) is 1. The van der Waals surface area contributed by atoms with Crippen LogP contribution in [-0.2, 0) is 6.42 Å². The van der Waals surface area contributed by atoms with Crippen LogP contribution in [0.2, 0.25) is 5.02 Å². The zero-order chi connectivity index (χ0) is 12.3. The first kappa shape index (κ1) is 12.0. The van der Waals surface area contributed by atoms with Crippen LogP contribution in [0.4, 0.5) is 4.79 Å². The molecule has 4 heteroatoms. The maximum Gasteiger partial charge on any atom is 0.317 e. The molecular weight excluding hydrogens is 236 g/mol. The fourth-order valence-corrected chi connectivity index (χ4v) is 1.84. The molecule has 3 nitrogen and oxygen atoms in total. The van der Waals surface area contributed by atoms with Crippen molar-refractivity contribution in [2.24, 2.45) is 0 Å². The normalized spacial score (nSPS) is 14.4. The number of nitrogens with zero attached hydrogens (tertiary/aromatic N) is 1. The fourth-order valence-electron chi connectivity index (χ4n) is 1.71. The van der Waals surface area contributed by atoms with Gasteiger partial charge in [-0.25, -0.2) is 4.79 Å². The van der Waals surface area contributed by atoms with Crippen LogP contribution in [0.5, 0.6) is 0 Å². The third-order valence-corrected chi connectivity index (χ3v) is 2.97. The van der Waals surface area contributed by atoms with E-state index in [0.29, 0.717) is 19.6 Å². The second-order valence-corrected chi connectivity index (χ2v) is 4.65. The molecule has 90 valence electrons. The summed E-state index contributed by atoms with van der Waals surface area (Å²) in [5.74, 6) is 0. The summed E-state index contributed by atoms with van der Waals surface area (Å²) in [4.78, 5) is 13.3. The standard InChI is InChI=1S/C13H15ClN2O/c1-10-8-16(9-10)13(17)15-7-6-11-2-4-12(14)5-3-11/h2-5H,1,6-9H2,(H,15,17). The van der Waals surface area contributed by atoms with Crippen LogP contribution >= 0.6 is 11.6 Å². The van der Waals surface area contributed by atoms with Gasteiger partial charge in [-0.05, 0) is 29.7 Å². The van der Waals surface area contributed by atoms with Gasteiger partial charge in [0.15, 0.2) is 0 Å². The summed E-state index contributed by atoms with van der Waals surface area (Å²) in [6, 6.07) is 7.65. The lowest BCUT2D eigenvalue weighted by molar-refractivity contribution is 0.191. The third-order valence-electron chi connectivity index (χ3n) is 2.72. The first-order chi connectivity index (χ1) is 8.15. The van der Waals surface area contributed by atoms with Crippen LogP contribution in [0.25, 0.3) is 0 Å². The van der Waals surface area contributed by atoms with Crippen molar-refractivity contribution >= 4 is 17.6 Å². The minimum Gasteiger partial charge on any atom is -0.338 e. The zero-order valence-corrected chi connectivity index (χ0v) is 10.3. The van der Waals surface area contributed by atoms with E-state index in [2.05, 4.69) is 11.9 Å². The number of carbonyl (C=O) groups is 1. The minimum atomic E-state index is -0.00800. The molecule has 0 bridgehead atoms. The molecule has 0 saturated carbocycles. The SMILES string of the molecule is C=C1CN(C(=O)NCCc2ccc(Cl)cc2)C1. The number of amides is 2. The number of urea groups is 1. The topological polar surface area (TPSA) is 32.3 Å². The molecule has 0 spiro atoms. The number of benzene rings is 1. The van der Waals surface area contributed by atoms with Crippen molar-refractivity contribution in [2.45, 2.75) is 6.42 Å². The summed E-state index contributed by atoms with van der Waals surface area (Å²) in [5, 5.41) is 3.61. The maximum atomic E-state index is 11.6. The van der Waals surface area contributed by atoms with E-state index in [4.69, 9.17) is 11.6 Å². The van der Waals surface area contributed by atoms with E-state index in [1.807, 2.05) is 24.3 Å². The Morgan fingerprint density at radius 1 is 1.35 bits per heavy atom. The van der Waals surface area contributed by atoms with Crippen LogP contribution in [0.1, 0.15) is 5.56 Å². The largest absolute Gasteiger partial charge is 0.338 e. The fraction of sp³-hybridized carbons (Fsp3) is 0.308. The molecule has 1 aliphatic heterocycles. The molecule has 1 saturated heterocycles. The zero-order valence-electron chi connectivity index (χ0n) is 9.58. The van der Waals surface area contributed by atoms with Crippen LogP contribution in [0, 0.1) is 0 Å². The van der Waals surface area contributed by atoms with Crippen molar-refractivity contribution in [2.75, 3.05) is 19.6 Å². The van der Waals surface area contributed by atoms with E-state index < -0.39 is 0 Å². The molecule has 0 atom stereocenters. The summed E-state index contributed by atoms with van der Waals surface area (Å²) in [5.41, 5.74) is 2.28. The average molecular weight is 251 g/mol. The van der Waals surface area contributed by atoms with Crippen molar-refractivity contribution in [1.29, 1.82) is 0 Å². The summed E-state index contributed by atoms with van der Waals surface area (Å²) in [6.07, 6.45) is 0.817. The molecule has 17 heavy (non-hydrogen) atoms. The highest BCUT2D eigenvalue weighted by atomic mass is 35.5. The first-order valence-corrected chi connectivity index (χ1v) is 5.97. The Bertz CT molecular complexity index is 420. The molecule has 1 aliphatic rings. The molecule has 0 aromatic heterocycles. The third kappa shape index (κ3) is 3.24. The smallest absolute Gasteiger partial charge is 0.317 e. The summed E-state index contributed by atoms with van der Waals surface area (Å²) >= 11 is 5.79. The van der Waals surface area contributed by atoms with Gasteiger partial charge in [0.25, 0.3) is 0 Å². The van der Waals surface area contributed by atoms with Crippen molar-refractivity contribution in [1.82, 2.24) is 10.2 Å². The van der Waals surface area contributed by atoms with Gasteiger partial charge in [-0.15, -0.1) is 0 Å². The van der Waals surface area contributed by atoms with E-state index in [1.165, 1.54) is 5.56 Å². The molecule has 2 amide bonds. The Balaban J connectivity index is 1.70. The van der Waals surface area contributed by atoms with Gasteiger partial charge in [0, 0.05) is 24.7 Å². The van der Waals surface area contributed by atoms with Gasteiger partial charge in [0.2, 0.25) is 0 Å². The lowest BCUT2D eigenvalue weighted by Crippen LogP contribution is -2.49. The summed E-state index contributed by atoms with van der Waals surface area (Å²) in [6.45, 7) is 5.81. The van der Waals surface area contributed by atoms with E-state index in [0.717, 1.165) is 17.0 Å². The second kappa shape index (κ2) is 5.23. The Hall–Kier alpha value is -1.48. The number of rotatable bonds is 3. The van der Waals surface area contributed by atoms with Crippen molar-refractivity contribution < 1.29 is 4.79 Å². The highest BCUT2D eigenvalue weighted by Gasteiger charge is 2.22. The molecule has 0 radical (unpaired) electrons. The molecule has 1 aromatic rings. The Morgan fingerprint density at radius 3 is 2.59 bits per heavy atom. The Morgan fingerprint density at radius 2 is 2.00 bits per heavy atom. The Labute approximate surface area is 106 Å². The van der Waals surface area contributed by atoms with E-state index >= 15 is 0 Å². The molecule has 1 aromatic carbocycles. The average Bonchev–Trinajstić information content (AvgIpc) is 2.27. The Kier molecular flexibility index (Phi) is 3.69. The quantitative estimate of drug-likeness (QED) is 0.822. The summed E-state index contributed by atoms with van der Waals surface area (Å²) < 4.78 is 0. The van der Waals surface area contributed by atoms with E-state index in [-0.39, 0.29) is 6.03 Å². The van der Waals surface area contributed by atoms with Crippen molar-refractivity contribution in [3.63, 3.8) is 0 Å². The lowest BCUT2D eigenvalue weighted by Gasteiger charge is -2.33. The summed E-state index contributed by atoms with van der Waals surface area (Å²) in [7, 11) is 0. The van der Waals surface area contributed by atoms with Gasteiger partial charge in [-0.1, -0.05) is 30.3 Å². The van der Waals surface area contributed by atoms with Gasteiger partial charge in [0.1, 0.15) is 0 Å². The molecule has 1 heterocycles. The van der Waals surface area contributed by atoms with Crippen LogP contribution in [0.15, 0.2) is 36.4 Å². The number of likely N-dealkylation sites (tertiary alicyclic amines) is 1. The second-order valence-electron chi connectivity index (χ2n) is 4.21. The van der Waals surface area contributed by atoms with Crippen LogP contribution < -0.4 is 5.32 Å². The van der Waals surface area contributed by atoms with Gasteiger partial charge >= 0.3 is 6.03 Å². The predicted molar refractivity (Wildman–Crippen MR) is 69.3 cm³/mol. The van der Waals surface area contributed by atoms with Gasteiger partial charge < -0.3 is 10.2 Å². The van der Waals surface area contributed by atoms with Crippen LogP contribution in [0.3, 0.4) is 0 Å². The maximum absolute atomic E-state index is 11.6. The molecule has 1 fully saturated rings. The lowest BCUT2D eigenvalue weighted by atomic mass is 10.1. The van der Waals surface area contributed by atoms with Crippen LogP contribution in [-0.4, -0.2) is 30.6 Å². The number of halogens is 1. The highest BCUT2D eigenvalue weighted by Crippen LogP contribution is 2.11. The molecule has 2 rings (SSSR count). The molecule has 0 unspecified atom stereocenters. The number of hydrogen-bond donors (Lipinski definition) is 1. The number of carbonyl (C=O) groups excluding carboxylic acids is 1. The first-order valence-electron chi connectivity index (χ1n) is 5.59. The molecular formula is C13H15ClN2O. The van der Waals surface area contributed by atoms with Gasteiger partial charge in [-0.3, -0.25) is 0 Å². The van der Waals surface area contributed by atoms with Crippen molar-refractivity contribution in [3.05, 3.63) is 47.0 Å². The predicted octanol–water partition coefficient (Wildman–Crippen LogP) is 2.46. The van der Waals surface area contributed by atoms with Crippen molar-refractivity contribution in [3.8, 4) is 0 Å². The van der Waals surface area contributed by atoms with Gasteiger partial charge in [0.05, 0.1) is 0 Å². The van der Waals surface area contributed by atoms with E-state index in [1.54, 1.807) is 4.90 Å². The van der Waals surface area contributed by atoms with E-state index in [9.17, 15) is 4.79 Å². The minimum absolute atomic E-state index is 0.00800. The number of nitrogens with one attached hydrogen (secondary N) is 1. The monoisotopic (exact) mass is 250 g/mol. The molecule has 1 N–H and O–H groups in total. The van der Waals surface area contributed by atoms with Gasteiger partial charge in [-0.2, -0.15) is 0 Å². The highest BCUT2D eigenvalue weighted by molar-refractivity contribution is 6.30. The molecule has 0 aliphatic carbocycles.